The third-order valence-corrected chi connectivity index (χ3v) is 4.72. The predicted octanol–water partition coefficient (Wildman–Crippen LogP) is 2.43. The maximum Gasteiger partial charge on any atom is 0.225 e. The number of carbonyl (C=O) groups is 1. The van der Waals surface area contributed by atoms with Gasteiger partial charge in [-0.15, -0.1) is 0 Å². The standard InChI is InChI=1S/C17H32N2O2/c1-17(2,3)16(20)18-12-14-6-4-9-19(13-14)15-7-5-10-21-11-8-15/h14-15H,4-13H2,1-3H3,(H,18,20)/t14-,15+/m1/s1. The number of ether oxygens (including phenoxy) is 1. The normalized spacial score (nSPS) is 28.9. The molecule has 0 aromatic carbocycles. The van der Waals surface area contributed by atoms with Crippen LogP contribution >= 0.6 is 0 Å². The Morgan fingerprint density at radius 3 is 2.76 bits per heavy atom. The van der Waals surface area contributed by atoms with E-state index in [0.29, 0.717) is 12.0 Å². The number of piperidine rings is 1. The van der Waals surface area contributed by atoms with Crippen molar-refractivity contribution in [2.24, 2.45) is 11.3 Å². The maximum atomic E-state index is 12.0. The lowest BCUT2D eigenvalue weighted by molar-refractivity contribution is -0.128. The molecular formula is C17H32N2O2. The predicted molar refractivity (Wildman–Crippen MR) is 85.2 cm³/mol. The van der Waals surface area contributed by atoms with E-state index in [-0.39, 0.29) is 11.3 Å². The van der Waals surface area contributed by atoms with Gasteiger partial charge in [0.25, 0.3) is 0 Å². The SMILES string of the molecule is CC(C)(C)C(=O)NC[C@H]1CCCN([C@H]2CCCOCC2)C1. The lowest BCUT2D eigenvalue weighted by Crippen LogP contribution is -2.47. The minimum absolute atomic E-state index is 0.169. The van der Waals surface area contributed by atoms with Crippen LogP contribution in [0.4, 0.5) is 0 Å². The van der Waals surface area contributed by atoms with Crippen LogP contribution in [0.25, 0.3) is 0 Å². The first-order valence-corrected chi connectivity index (χ1v) is 8.57. The molecule has 0 unspecified atom stereocenters. The molecule has 0 saturated carbocycles. The molecule has 0 bridgehead atoms. The number of nitrogens with one attached hydrogen (secondary N) is 1. The van der Waals surface area contributed by atoms with Crippen LogP contribution in [0.1, 0.15) is 52.9 Å². The largest absolute Gasteiger partial charge is 0.381 e. The van der Waals surface area contributed by atoms with Gasteiger partial charge in [0.15, 0.2) is 0 Å². The molecule has 2 heterocycles. The van der Waals surface area contributed by atoms with Gasteiger partial charge in [-0.05, 0) is 44.6 Å². The molecule has 4 nitrogen and oxygen atoms in total. The Morgan fingerprint density at radius 2 is 2.00 bits per heavy atom. The van der Waals surface area contributed by atoms with E-state index in [4.69, 9.17) is 4.74 Å². The Morgan fingerprint density at radius 1 is 1.19 bits per heavy atom. The van der Waals surface area contributed by atoms with Crippen LogP contribution in [0.5, 0.6) is 0 Å². The quantitative estimate of drug-likeness (QED) is 0.869. The minimum atomic E-state index is -0.285. The minimum Gasteiger partial charge on any atom is -0.381 e. The Hall–Kier alpha value is -0.610. The molecule has 0 aromatic heterocycles. The molecule has 4 heteroatoms. The lowest BCUT2D eigenvalue weighted by atomic mass is 9.93. The summed E-state index contributed by atoms with van der Waals surface area (Å²) in [4.78, 5) is 14.6. The maximum absolute atomic E-state index is 12.0. The van der Waals surface area contributed by atoms with Gasteiger partial charge in [0.05, 0.1) is 0 Å². The van der Waals surface area contributed by atoms with Gasteiger partial charge in [-0.2, -0.15) is 0 Å². The number of amides is 1. The highest BCUT2D eigenvalue weighted by Crippen LogP contribution is 2.23. The van der Waals surface area contributed by atoms with Crippen molar-refractivity contribution in [2.75, 3.05) is 32.8 Å². The summed E-state index contributed by atoms with van der Waals surface area (Å²) >= 11 is 0. The van der Waals surface area contributed by atoms with E-state index in [1.54, 1.807) is 0 Å². The van der Waals surface area contributed by atoms with Crippen LogP contribution in [-0.2, 0) is 9.53 Å². The van der Waals surface area contributed by atoms with Crippen LogP contribution < -0.4 is 5.32 Å². The Bertz CT molecular complexity index is 330. The van der Waals surface area contributed by atoms with Crippen LogP contribution in [0.3, 0.4) is 0 Å². The average molecular weight is 296 g/mol. The van der Waals surface area contributed by atoms with Crippen LogP contribution in [0, 0.1) is 11.3 Å². The molecule has 2 saturated heterocycles. The molecule has 2 aliphatic heterocycles. The molecule has 2 atom stereocenters. The third-order valence-electron chi connectivity index (χ3n) is 4.72. The molecular weight excluding hydrogens is 264 g/mol. The fraction of sp³-hybridized carbons (Fsp3) is 0.941. The summed E-state index contributed by atoms with van der Waals surface area (Å²) in [7, 11) is 0. The highest BCUT2D eigenvalue weighted by atomic mass is 16.5. The van der Waals surface area contributed by atoms with E-state index in [9.17, 15) is 4.79 Å². The second kappa shape index (κ2) is 7.59. The van der Waals surface area contributed by atoms with Gasteiger partial charge in [0.1, 0.15) is 0 Å². The fourth-order valence-corrected chi connectivity index (χ4v) is 3.35. The second-order valence-electron chi connectivity index (χ2n) is 7.66. The molecule has 1 amide bonds. The van der Waals surface area contributed by atoms with Gasteiger partial charge in [-0.25, -0.2) is 0 Å². The van der Waals surface area contributed by atoms with Gasteiger partial charge < -0.3 is 10.1 Å². The molecule has 2 aliphatic rings. The van der Waals surface area contributed by atoms with Crippen molar-refractivity contribution in [1.82, 2.24) is 10.2 Å². The fourth-order valence-electron chi connectivity index (χ4n) is 3.35. The van der Waals surface area contributed by atoms with Crippen molar-refractivity contribution in [2.45, 2.75) is 58.9 Å². The van der Waals surface area contributed by atoms with Crippen LogP contribution in [0.2, 0.25) is 0 Å². The summed E-state index contributed by atoms with van der Waals surface area (Å²) in [6, 6.07) is 0.689. The zero-order chi connectivity index (χ0) is 15.3. The molecule has 1 N–H and O–H groups in total. The van der Waals surface area contributed by atoms with E-state index in [1.807, 2.05) is 20.8 Å². The zero-order valence-electron chi connectivity index (χ0n) is 14.0. The summed E-state index contributed by atoms with van der Waals surface area (Å²) in [5, 5.41) is 3.14. The monoisotopic (exact) mass is 296 g/mol. The van der Waals surface area contributed by atoms with E-state index in [1.165, 1.54) is 38.6 Å². The van der Waals surface area contributed by atoms with Gasteiger partial charge in [0.2, 0.25) is 5.91 Å². The molecule has 0 radical (unpaired) electrons. The molecule has 122 valence electrons. The van der Waals surface area contributed by atoms with E-state index < -0.39 is 0 Å². The Balaban J connectivity index is 1.79. The van der Waals surface area contributed by atoms with Crippen molar-refractivity contribution in [3.05, 3.63) is 0 Å². The second-order valence-corrected chi connectivity index (χ2v) is 7.66. The summed E-state index contributed by atoms with van der Waals surface area (Å²) in [5.41, 5.74) is -0.285. The highest BCUT2D eigenvalue weighted by Gasteiger charge is 2.28. The molecule has 0 spiro atoms. The lowest BCUT2D eigenvalue weighted by Gasteiger charge is -2.38. The number of carbonyl (C=O) groups excluding carboxylic acids is 1. The van der Waals surface area contributed by atoms with Gasteiger partial charge >= 0.3 is 0 Å². The first-order valence-electron chi connectivity index (χ1n) is 8.57. The van der Waals surface area contributed by atoms with Crippen molar-refractivity contribution >= 4 is 5.91 Å². The summed E-state index contributed by atoms with van der Waals surface area (Å²) in [5.74, 6) is 0.775. The molecule has 2 fully saturated rings. The van der Waals surface area contributed by atoms with Gasteiger partial charge in [-0.3, -0.25) is 9.69 Å². The van der Waals surface area contributed by atoms with E-state index >= 15 is 0 Å². The molecule has 21 heavy (non-hydrogen) atoms. The number of hydrogen-bond acceptors (Lipinski definition) is 3. The Labute approximate surface area is 129 Å². The number of nitrogens with zero attached hydrogens (tertiary/aromatic N) is 1. The summed E-state index contributed by atoms with van der Waals surface area (Å²) < 4.78 is 5.58. The Kier molecular flexibility index (Phi) is 6.06. The van der Waals surface area contributed by atoms with Gasteiger partial charge in [0, 0.05) is 37.8 Å². The van der Waals surface area contributed by atoms with Crippen molar-refractivity contribution < 1.29 is 9.53 Å². The number of hydrogen-bond donors (Lipinski definition) is 1. The van der Waals surface area contributed by atoms with Crippen molar-refractivity contribution in [1.29, 1.82) is 0 Å². The zero-order valence-corrected chi connectivity index (χ0v) is 14.0. The molecule has 2 rings (SSSR count). The van der Waals surface area contributed by atoms with Crippen LogP contribution in [0.15, 0.2) is 0 Å². The van der Waals surface area contributed by atoms with E-state index in [0.717, 1.165) is 26.3 Å². The molecule has 0 aromatic rings. The van der Waals surface area contributed by atoms with Crippen molar-refractivity contribution in [3.8, 4) is 0 Å². The number of likely N-dealkylation sites (tertiary alicyclic amines) is 1. The number of rotatable bonds is 3. The van der Waals surface area contributed by atoms with E-state index in [2.05, 4.69) is 10.2 Å². The topological polar surface area (TPSA) is 41.6 Å². The first kappa shape index (κ1) is 16.8. The highest BCUT2D eigenvalue weighted by molar-refractivity contribution is 5.81. The first-order chi connectivity index (χ1) is 9.97. The van der Waals surface area contributed by atoms with Gasteiger partial charge in [-0.1, -0.05) is 20.8 Å². The summed E-state index contributed by atoms with van der Waals surface area (Å²) in [6.07, 6.45) is 6.12. The van der Waals surface area contributed by atoms with Crippen LogP contribution in [-0.4, -0.2) is 49.7 Å². The average Bonchev–Trinajstić information content (AvgIpc) is 2.73. The summed E-state index contributed by atoms with van der Waals surface area (Å²) in [6.45, 7) is 10.9. The molecule has 0 aliphatic carbocycles. The van der Waals surface area contributed by atoms with Crippen molar-refractivity contribution in [3.63, 3.8) is 0 Å². The third kappa shape index (κ3) is 5.26. The smallest absolute Gasteiger partial charge is 0.225 e.